The Morgan fingerprint density at radius 2 is 2.16 bits per heavy atom. The normalized spacial score (nSPS) is 18.4. The van der Waals surface area contributed by atoms with Crippen molar-refractivity contribution >= 4 is 28.1 Å². The van der Waals surface area contributed by atoms with Gasteiger partial charge in [-0.1, -0.05) is 11.3 Å². The maximum atomic E-state index is 12.7. The summed E-state index contributed by atoms with van der Waals surface area (Å²) in [6.07, 6.45) is 0.455. The summed E-state index contributed by atoms with van der Waals surface area (Å²) in [5, 5.41) is 25.5. The molecule has 3 aromatic heterocycles. The first-order valence-electron chi connectivity index (χ1n) is 9.25. The predicted octanol–water partition coefficient (Wildman–Crippen LogP) is 0.442. The minimum atomic E-state index is -0.814. The number of nitrogens with one attached hydrogen (secondary N) is 1. The number of hydrogen-bond donors (Lipinski definition) is 2. The van der Waals surface area contributed by atoms with Gasteiger partial charge in [-0.05, 0) is 13.0 Å². The summed E-state index contributed by atoms with van der Waals surface area (Å²) in [6.45, 7) is 2.40. The molecule has 1 aliphatic heterocycles. The van der Waals surface area contributed by atoms with E-state index in [1.165, 1.54) is 20.3 Å². The Balaban J connectivity index is 1.59. The fourth-order valence-corrected chi connectivity index (χ4v) is 4.03. The molecular formula is C18H20N6O6S. The summed E-state index contributed by atoms with van der Waals surface area (Å²) in [5.41, 5.74) is 0.375. The SMILES string of the molecule is COc1c(N2C[C@H](OC)[C@@H](O)C2)cc(C(=O)Nc2nnc(-n3nccc3C)s2)oc1=O. The Morgan fingerprint density at radius 1 is 1.35 bits per heavy atom. The van der Waals surface area contributed by atoms with E-state index in [-0.39, 0.29) is 23.2 Å². The minimum Gasteiger partial charge on any atom is -0.488 e. The molecule has 0 saturated carbocycles. The van der Waals surface area contributed by atoms with Crippen molar-refractivity contribution in [3.05, 3.63) is 40.2 Å². The minimum absolute atomic E-state index is 0.0622. The molecule has 4 rings (SSSR count). The van der Waals surface area contributed by atoms with Gasteiger partial charge in [0.05, 0.1) is 18.9 Å². The molecule has 0 spiro atoms. The summed E-state index contributed by atoms with van der Waals surface area (Å²) < 4.78 is 17.1. The molecule has 1 amide bonds. The summed E-state index contributed by atoms with van der Waals surface area (Å²) in [7, 11) is 2.82. The zero-order valence-electron chi connectivity index (χ0n) is 16.9. The number of carbonyl (C=O) groups excluding carboxylic acids is 1. The summed E-state index contributed by atoms with van der Waals surface area (Å²) in [4.78, 5) is 26.8. The Hall–Kier alpha value is -3.29. The number of anilines is 2. The van der Waals surface area contributed by atoms with Crippen LogP contribution in [0, 0.1) is 6.92 Å². The molecule has 2 atom stereocenters. The van der Waals surface area contributed by atoms with Gasteiger partial charge in [-0.2, -0.15) is 5.10 Å². The van der Waals surface area contributed by atoms with Gasteiger partial charge in [-0.3, -0.25) is 10.1 Å². The van der Waals surface area contributed by atoms with Gasteiger partial charge < -0.3 is 23.9 Å². The van der Waals surface area contributed by atoms with E-state index in [1.807, 2.05) is 13.0 Å². The van der Waals surface area contributed by atoms with Crippen molar-refractivity contribution in [2.45, 2.75) is 19.1 Å². The van der Waals surface area contributed by atoms with E-state index in [1.54, 1.807) is 15.8 Å². The third-order valence-corrected chi connectivity index (χ3v) is 5.66. The lowest BCUT2D eigenvalue weighted by Gasteiger charge is -2.20. The number of aryl methyl sites for hydroxylation is 1. The molecule has 0 aromatic carbocycles. The molecule has 4 heterocycles. The molecule has 31 heavy (non-hydrogen) atoms. The van der Waals surface area contributed by atoms with Gasteiger partial charge in [0.15, 0.2) is 5.76 Å². The topological polar surface area (TPSA) is 145 Å². The van der Waals surface area contributed by atoms with Crippen molar-refractivity contribution in [1.29, 1.82) is 0 Å². The van der Waals surface area contributed by atoms with Crippen LogP contribution in [0.2, 0.25) is 0 Å². The van der Waals surface area contributed by atoms with E-state index in [0.29, 0.717) is 17.4 Å². The lowest BCUT2D eigenvalue weighted by atomic mass is 10.3. The molecule has 12 nitrogen and oxygen atoms in total. The zero-order valence-corrected chi connectivity index (χ0v) is 17.8. The number of carbonyl (C=O) groups is 1. The third-order valence-electron chi connectivity index (χ3n) is 4.84. The number of hydrogen-bond acceptors (Lipinski definition) is 11. The van der Waals surface area contributed by atoms with Crippen LogP contribution in [0.4, 0.5) is 10.8 Å². The maximum Gasteiger partial charge on any atom is 0.381 e. The predicted molar refractivity (Wildman–Crippen MR) is 110 cm³/mol. The highest BCUT2D eigenvalue weighted by atomic mass is 32.1. The molecule has 3 aromatic rings. The van der Waals surface area contributed by atoms with Gasteiger partial charge in [0, 0.05) is 38.2 Å². The monoisotopic (exact) mass is 448 g/mol. The van der Waals surface area contributed by atoms with Gasteiger partial charge in [0.25, 0.3) is 5.91 Å². The van der Waals surface area contributed by atoms with Crippen molar-refractivity contribution in [3.63, 3.8) is 0 Å². The number of aromatic nitrogens is 4. The Labute approximate surface area is 180 Å². The highest BCUT2D eigenvalue weighted by molar-refractivity contribution is 7.17. The van der Waals surface area contributed by atoms with Gasteiger partial charge >= 0.3 is 5.63 Å². The van der Waals surface area contributed by atoms with Crippen LogP contribution in [-0.2, 0) is 4.74 Å². The van der Waals surface area contributed by atoms with E-state index in [9.17, 15) is 14.7 Å². The number of amides is 1. The van der Waals surface area contributed by atoms with Crippen LogP contribution in [0.5, 0.6) is 5.75 Å². The van der Waals surface area contributed by atoms with Gasteiger partial charge in [-0.25, -0.2) is 9.48 Å². The smallest absolute Gasteiger partial charge is 0.381 e. The second kappa shape index (κ2) is 8.45. The number of rotatable bonds is 6. The lowest BCUT2D eigenvalue weighted by Crippen LogP contribution is -2.26. The summed E-state index contributed by atoms with van der Waals surface area (Å²) in [6, 6.07) is 3.20. The van der Waals surface area contributed by atoms with Gasteiger partial charge in [0.2, 0.25) is 16.0 Å². The average Bonchev–Trinajstić information content (AvgIpc) is 3.47. The number of β-amino-alcohol motifs (C(OH)–C–C–N with tert-alkyl or cyclic N) is 1. The van der Waals surface area contributed by atoms with Crippen LogP contribution in [-0.4, -0.2) is 70.5 Å². The van der Waals surface area contributed by atoms with E-state index in [4.69, 9.17) is 13.9 Å². The Kier molecular flexibility index (Phi) is 5.71. The standard InChI is InChI=1S/C18H20N6O6S/c1-9-4-5-19-24(9)18-22-21-17(31-18)20-15(26)12-6-10(14(29-3)16(27)30-12)23-7-11(25)13(8-23)28-2/h4-6,11,13,25H,7-8H2,1-3H3,(H,20,21,26)/t11-,13-/m0/s1. The highest BCUT2D eigenvalue weighted by Gasteiger charge is 2.34. The van der Waals surface area contributed by atoms with E-state index in [0.717, 1.165) is 17.0 Å². The fraction of sp³-hybridized carbons (Fsp3) is 0.389. The van der Waals surface area contributed by atoms with Crippen LogP contribution in [0.1, 0.15) is 16.2 Å². The second-order valence-corrected chi connectivity index (χ2v) is 7.75. The molecular weight excluding hydrogens is 428 g/mol. The molecule has 0 bridgehead atoms. The summed E-state index contributed by atoms with van der Waals surface area (Å²) in [5.74, 6) is -0.972. The van der Waals surface area contributed by atoms with Crippen molar-refractivity contribution in [2.75, 3.05) is 37.5 Å². The zero-order chi connectivity index (χ0) is 22.1. The quantitative estimate of drug-likeness (QED) is 0.545. The van der Waals surface area contributed by atoms with Crippen molar-refractivity contribution in [1.82, 2.24) is 20.0 Å². The van der Waals surface area contributed by atoms with Crippen molar-refractivity contribution in [2.24, 2.45) is 0 Å². The van der Waals surface area contributed by atoms with Crippen molar-refractivity contribution in [3.8, 4) is 10.9 Å². The number of nitrogens with zero attached hydrogens (tertiary/aromatic N) is 5. The second-order valence-electron chi connectivity index (χ2n) is 6.79. The number of aliphatic hydroxyl groups excluding tert-OH is 1. The largest absolute Gasteiger partial charge is 0.488 e. The molecule has 1 saturated heterocycles. The maximum absolute atomic E-state index is 12.7. The number of methoxy groups -OCH3 is 2. The first-order valence-corrected chi connectivity index (χ1v) is 10.1. The third kappa shape index (κ3) is 4.02. The van der Waals surface area contributed by atoms with Crippen molar-refractivity contribution < 1.29 is 23.8 Å². The van der Waals surface area contributed by atoms with Crippen LogP contribution >= 0.6 is 11.3 Å². The van der Waals surface area contributed by atoms with E-state index in [2.05, 4.69) is 20.6 Å². The van der Waals surface area contributed by atoms with Gasteiger partial charge in [-0.15, -0.1) is 10.2 Å². The number of aliphatic hydroxyl groups is 1. The molecule has 2 N–H and O–H groups in total. The number of ether oxygens (including phenoxy) is 2. The summed E-state index contributed by atoms with van der Waals surface area (Å²) >= 11 is 1.11. The first-order chi connectivity index (χ1) is 14.9. The average molecular weight is 448 g/mol. The molecule has 0 aliphatic carbocycles. The molecule has 13 heteroatoms. The fourth-order valence-electron chi connectivity index (χ4n) is 3.27. The van der Waals surface area contributed by atoms with Crippen LogP contribution in [0.25, 0.3) is 5.13 Å². The molecule has 1 aliphatic rings. The molecule has 1 fully saturated rings. The molecule has 0 radical (unpaired) electrons. The Bertz CT molecular complexity index is 1160. The molecule has 0 unspecified atom stereocenters. The first kappa shape index (κ1) is 21.0. The van der Waals surface area contributed by atoms with Gasteiger partial charge in [0.1, 0.15) is 6.10 Å². The Morgan fingerprint density at radius 3 is 2.81 bits per heavy atom. The van der Waals surface area contributed by atoms with Crippen LogP contribution in [0.3, 0.4) is 0 Å². The van der Waals surface area contributed by atoms with Crippen LogP contribution < -0.4 is 20.6 Å². The van der Waals surface area contributed by atoms with Crippen LogP contribution in [0.15, 0.2) is 27.5 Å². The van der Waals surface area contributed by atoms with E-state index < -0.39 is 23.7 Å². The highest BCUT2D eigenvalue weighted by Crippen LogP contribution is 2.30. The lowest BCUT2D eigenvalue weighted by molar-refractivity contribution is 0.0217. The van der Waals surface area contributed by atoms with E-state index >= 15 is 0 Å². The molecule has 164 valence electrons.